The van der Waals surface area contributed by atoms with Crippen LogP contribution in [0.25, 0.3) is 0 Å². The van der Waals surface area contributed by atoms with Crippen LogP contribution in [0.2, 0.25) is 0 Å². The number of fused-ring (bicyclic) bond motifs is 3. The minimum absolute atomic E-state index is 0.0405. The first-order valence-corrected chi connectivity index (χ1v) is 25.8. The van der Waals surface area contributed by atoms with E-state index in [1.54, 1.807) is 26.0 Å². The van der Waals surface area contributed by atoms with Crippen molar-refractivity contribution in [2.24, 2.45) is 17.6 Å². The summed E-state index contributed by atoms with van der Waals surface area (Å²) < 4.78 is 28.1. The summed E-state index contributed by atoms with van der Waals surface area (Å²) in [5.74, 6) is -1.52. The zero-order valence-corrected chi connectivity index (χ0v) is 43.0. The Morgan fingerprint density at radius 3 is 2.25 bits per heavy atom. The summed E-state index contributed by atoms with van der Waals surface area (Å²) in [5.41, 5.74) is 6.25. The number of hydrogen-bond donors (Lipinski definition) is 8. The Morgan fingerprint density at radius 2 is 1.56 bits per heavy atom. The van der Waals surface area contributed by atoms with Gasteiger partial charge in [-0.05, 0) is 63.9 Å². The molecule has 2 fully saturated rings. The molecule has 1 aliphatic carbocycles. The summed E-state index contributed by atoms with van der Waals surface area (Å²) in [6, 6.07) is 0.317. The molecule has 21 heteroatoms. The summed E-state index contributed by atoms with van der Waals surface area (Å²) in [4.78, 5) is 88.8. The van der Waals surface area contributed by atoms with Gasteiger partial charge in [0.2, 0.25) is 23.4 Å². The van der Waals surface area contributed by atoms with Gasteiger partial charge in [0.1, 0.15) is 6.10 Å². The van der Waals surface area contributed by atoms with Gasteiger partial charge in [0.05, 0.1) is 62.1 Å². The van der Waals surface area contributed by atoms with Gasteiger partial charge in [0.25, 0.3) is 5.91 Å². The van der Waals surface area contributed by atoms with Gasteiger partial charge in [0.15, 0.2) is 6.10 Å². The molecule has 3 aliphatic heterocycles. The number of rotatable bonds is 24. The van der Waals surface area contributed by atoms with Crippen LogP contribution in [-0.2, 0) is 47.7 Å². The molecule has 2 saturated heterocycles. The number of unbranched alkanes of at least 4 members (excludes halogenated alkanes) is 3. The average Bonchev–Trinajstić information content (AvgIpc) is 3.89. The van der Waals surface area contributed by atoms with Crippen LogP contribution in [0.4, 0.5) is 9.59 Å². The third-order valence-corrected chi connectivity index (χ3v) is 14.3. The number of primary amides is 1. The number of ether oxygens (including phenoxy) is 5. The van der Waals surface area contributed by atoms with Crippen molar-refractivity contribution in [2.75, 3.05) is 66.0 Å². The number of Topliss-reactive ketones (excluding diaryl/α,β-unsaturated/α-hetero) is 1. The van der Waals surface area contributed by atoms with Crippen LogP contribution in [0.1, 0.15) is 91.9 Å². The van der Waals surface area contributed by atoms with E-state index in [4.69, 9.17) is 29.4 Å². The Labute approximate surface area is 421 Å². The van der Waals surface area contributed by atoms with Crippen LogP contribution < -0.4 is 37.6 Å². The second-order valence-corrected chi connectivity index (χ2v) is 19.7. The van der Waals surface area contributed by atoms with Crippen molar-refractivity contribution in [1.29, 1.82) is 0 Å². The standard InChI is InChI=1S/C50H77N7O13S/c1-30-25-34-43(37(58)28-35(46(34)62)55-48(63)31(2)13-12-14-38(66-5)47(70-49(51)64)33(4)27-32(3)45(61)39(26-30)67-6)54-20-22-69-24-23-68-21-19-53-42(60)16-8-7-11-18-52-41(59)17-10-9-15-40-44-36(29-71-40)56-50(65)57-44/h12-14,27-28,30,32,36,38-40,44-45,47,54,61H,7-11,15-26,29H2,1-6H3,(H2,51,64)(H,52,59)(H,53,60)(H,55,63)(H2,56,57,65)/b14-12-,31-13+,33-27+/t30-,32+,36+,38+,39+,40+,44+,45-,47+/m0/s1. The molecule has 6 amide bonds. The molecule has 0 spiro atoms. The number of carbonyl (C=O) groups is 7. The van der Waals surface area contributed by atoms with Gasteiger partial charge in [-0.3, -0.25) is 24.0 Å². The molecule has 396 valence electrons. The van der Waals surface area contributed by atoms with Crippen LogP contribution in [-0.4, -0.2) is 154 Å². The van der Waals surface area contributed by atoms with Gasteiger partial charge in [-0.25, -0.2) is 9.59 Å². The Kier molecular flexibility index (Phi) is 25.3. The first kappa shape index (κ1) is 58.5. The number of urea groups is 1. The lowest BCUT2D eigenvalue weighted by atomic mass is 9.85. The molecular formula is C50H77N7O13S. The van der Waals surface area contributed by atoms with Crippen molar-refractivity contribution in [3.05, 3.63) is 58.5 Å². The fourth-order valence-corrected chi connectivity index (χ4v) is 10.4. The number of nitrogens with two attached hydrogens (primary N) is 1. The van der Waals surface area contributed by atoms with Crippen molar-refractivity contribution >= 4 is 53.2 Å². The molecule has 0 radical (unpaired) electrons. The monoisotopic (exact) mass is 1020 g/mol. The van der Waals surface area contributed by atoms with Crippen LogP contribution in [0.15, 0.2) is 58.5 Å². The van der Waals surface area contributed by atoms with Crippen LogP contribution in [0.5, 0.6) is 0 Å². The summed E-state index contributed by atoms with van der Waals surface area (Å²) >= 11 is 1.88. The number of nitrogens with one attached hydrogen (secondary N) is 6. The Hall–Kier alpha value is -5.06. The number of hydrogen-bond acceptors (Lipinski definition) is 15. The SMILES string of the molecule is CO[C@@H]1/C=C\C=C(/C)C(=O)NC2=CC(=O)C(NCCOCCOCCNC(=O)CCCCCNC(=O)CCCC[C@H]3SC[C@H]4NC(=O)N[C@H]43)=C(C[C@H](C)C[C@@H](OC)[C@@H](O)[C@H](C)/C=C(\C)[C@H]1OC(N)=O)C2=O. The summed E-state index contributed by atoms with van der Waals surface area (Å²) in [5, 5.41) is 29.3. The molecule has 3 heterocycles. The third-order valence-electron chi connectivity index (χ3n) is 12.8. The number of aliphatic hydroxyl groups is 1. The van der Waals surface area contributed by atoms with E-state index < -0.39 is 53.9 Å². The number of aliphatic hydroxyl groups excluding tert-OH is 1. The largest absolute Gasteiger partial charge is 0.439 e. The van der Waals surface area contributed by atoms with Gasteiger partial charge in [-0.1, -0.05) is 51.0 Å². The molecule has 20 nitrogen and oxygen atoms in total. The van der Waals surface area contributed by atoms with E-state index in [0.717, 1.165) is 43.9 Å². The minimum atomic E-state index is -1.02. The molecule has 4 rings (SSSR count). The van der Waals surface area contributed by atoms with Gasteiger partial charge in [-0.15, -0.1) is 0 Å². The van der Waals surface area contributed by atoms with Crippen LogP contribution in [0.3, 0.4) is 0 Å². The third kappa shape index (κ3) is 19.5. The summed E-state index contributed by atoms with van der Waals surface area (Å²) in [7, 11) is 2.90. The predicted molar refractivity (Wildman–Crippen MR) is 268 cm³/mol. The summed E-state index contributed by atoms with van der Waals surface area (Å²) in [6.07, 6.45) is 9.29. The second kappa shape index (κ2) is 30.7. The number of carbonyl (C=O) groups excluding carboxylic acids is 7. The molecule has 0 aromatic carbocycles. The zero-order chi connectivity index (χ0) is 51.9. The maximum atomic E-state index is 14.0. The molecule has 2 bridgehead atoms. The number of ketones is 2. The number of allylic oxidation sites excluding steroid dienone is 4. The highest BCUT2D eigenvalue weighted by molar-refractivity contribution is 8.00. The van der Waals surface area contributed by atoms with Gasteiger partial charge < -0.3 is 66.4 Å². The average molecular weight is 1020 g/mol. The van der Waals surface area contributed by atoms with E-state index in [2.05, 4.69) is 31.9 Å². The maximum Gasteiger partial charge on any atom is 0.405 e. The van der Waals surface area contributed by atoms with E-state index in [0.29, 0.717) is 56.2 Å². The molecular weight excluding hydrogens is 939 g/mol. The van der Waals surface area contributed by atoms with E-state index >= 15 is 0 Å². The number of methoxy groups -OCH3 is 2. The van der Waals surface area contributed by atoms with E-state index in [1.807, 2.05) is 18.7 Å². The number of thioether (sulfide) groups is 1. The molecule has 0 aromatic rings. The van der Waals surface area contributed by atoms with Crippen LogP contribution in [0, 0.1) is 11.8 Å². The van der Waals surface area contributed by atoms with Crippen molar-refractivity contribution in [1.82, 2.24) is 31.9 Å². The minimum Gasteiger partial charge on any atom is -0.439 e. The predicted octanol–water partition coefficient (Wildman–Crippen LogP) is 2.90. The molecule has 9 N–H and O–H groups in total. The molecule has 0 aromatic heterocycles. The van der Waals surface area contributed by atoms with E-state index in [9.17, 15) is 38.7 Å². The fourth-order valence-electron chi connectivity index (χ4n) is 8.88. The molecule has 9 atom stereocenters. The highest BCUT2D eigenvalue weighted by Crippen LogP contribution is 2.33. The lowest BCUT2D eigenvalue weighted by Crippen LogP contribution is -2.38. The zero-order valence-electron chi connectivity index (χ0n) is 42.1. The topological polar surface area (TPSA) is 284 Å². The van der Waals surface area contributed by atoms with Crippen molar-refractivity contribution in [3.63, 3.8) is 0 Å². The van der Waals surface area contributed by atoms with Crippen molar-refractivity contribution in [2.45, 2.75) is 134 Å². The molecule has 0 unspecified atom stereocenters. The van der Waals surface area contributed by atoms with Gasteiger partial charge >= 0.3 is 12.1 Å². The van der Waals surface area contributed by atoms with Crippen molar-refractivity contribution < 1.29 is 62.4 Å². The van der Waals surface area contributed by atoms with Gasteiger partial charge in [-0.2, -0.15) is 11.8 Å². The maximum absolute atomic E-state index is 14.0. The quantitative estimate of drug-likeness (QED) is 0.0299. The van der Waals surface area contributed by atoms with Gasteiger partial charge in [0, 0.05) is 80.8 Å². The molecule has 0 saturated carbocycles. The Morgan fingerprint density at radius 1 is 0.873 bits per heavy atom. The lowest BCUT2D eigenvalue weighted by Gasteiger charge is -2.30. The molecule has 4 aliphatic rings. The normalized spacial score (nSPS) is 28.3. The first-order valence-electron chi connectivity index (χ1n) is 24.7. The summed E-state index contributed by atoms with van der Waals surface area (Å²) in [6.45, 7) is 9.04. The van der Waals surface area contributed by atoms with Crippen LogP contribution >= 0.6 is 11.8 Å². The van der Waals surface area contributed by atoms with Crippen molar-refractivity contribution in [3.8, 4) is 0 Å². The highest BCUT2D eigenvalue weighted by Gasteiger charge is 2.42. The highest BCUT2D eigenvalue weighted by atomic mass is 32.2. The second-order valence-electron chi connectivity index (χ2n) is 18.5. The number of amides is 6. The first-order chi connectivity index (χ1) is 34.0. The van der Waals surface area contributed by atoms with E-state index in [1.165, 1.54) is 33.3 Å². The molecule has 71 heavy (non-hydrogen) atoms. The lowest BCUT2D eigenvalue weighted by molar-refractivity contribution is -0.122. The Bertz CT molecular complexity index is 2010. The Balaban J connectivity index is 1.16. The van der Waals surface area contributed by atoms with E-state index in [-0.39, 0.29) is 91.2 Å². The fraction of sp³-hybridized carbons (Fsp3) is 0.660. The smallest absolute Gasteiger partial charge is 0.405 e.